The highest BCUT2D eigenvalue weighted by Gasteiger charge is 2.30. The molecule has 102 valence electrons. The molecule has 1 aromatic heterocycles. The first-order valence-corrected chi connectivity index (χ1v) is 8.07. The highest BCUT2D eigenvalue weighted by atomic mass is 32.2. The molecule has 0 atom stereocenters. The van der Waals surface area contributed by atoms with Crippen LogP contribution in [0.4, 0.5) is 0 Å². The van der Waals surface area contributed by atoms with Gasteiger partial charge in [0.05, 0.1) is 5.69 Å². The van der Waals surface area contributed by atoms with Crippen molar-refractivity contribution in [1.29, 1.82) is 0 Å². The third-order valence-corrected chi connectivity index (χ3v) is 5.55. The van der Waals surface area contributed by atoms with E-state index in [2.05, 4.69) is 16.7 Å². The molecule has 1 heterocycles. The van der Waals surface area contributed by atoms with Gasteiger partial charge in [0.2, 0.25) is 0 Å². The van der Waals surface area contributed by atoms with E-state index < -0.39 is 0 Å². The minimum absolute atomic E-state index is 0.456. The first-order valence-electron chi connectivity index (χ1n) is 6.84. The molecule has 1 aliphatic rings. The molecular weight excluding hydrogens is 244 g/mol. The first-order chi connectivity index (χ1) is 8.67. The monoisotopic (exact) mass is 268 g/mol. The van der Waals surface area contributed by atoms with Gasteiger partial charge in [-0.25, -0.2) is 0 Å². The van der Waals surface area contributed by atoms with Crippen molar-refractivity contribution in [1.82, 2.24) is 10.5 Å². The molecule has 0 aromatic carbocycles. The van der Waals surface area contributed by atoms with Crippen LogP contribution in [-0.4, -0.2) is 22.7 Å². The number of hydrogen-bond donors (Lipinski definition) is 1. The van der Waals surface area contributed by atoms with Crippen LogP contribution in [0, 0.1) is 13.8 Å². The van der Waals surface area contributed by atoms with E-state index in [-0.39, 0.29) is 0 Å². The molecule has 1 aliphatic carbocycles. The molecule has 0 amide bonds. The van der Waals surface area contributed by atoms with Crippen LogP contribution in [0.2, 0.25) is 0 Å². The minimum Gasteiger partial charge on any atom is -0.361 e. The SMILES string of the molecule is CSC1(CNCc2c(C)noc2C)CCCCC1. The first kappa shape index (κ1) is 13.9. The van der Waals surface area contributed by atoms with Crippen molar-refractivity contribution in [3.05, 3.63) is 17.0 Å². The number of aromatic nitrogens is 1. The van der Waals surface area contributed by atoms with E-state index in [9.17, 15) is 0 Å². The van der Waals surface area contributed by atoms with Crippen LogP contribution in [0.1, 0.15) is 49.1 Å². The zero-order valence-electron chi connectivity index (χ0n) is 11.7. The number of aryl methyl sites for hydroxylation is 2. The van der Waals surface area contributed by atoms with E-state index in [4.69, 9.17) is 4.52 Å². The van der Waals surface area contributed by atoms with Gasteiger partial charge in [-0.3, -0.25) is 0 Å². The summed E-state index contributed by atoms with van der Waals surface area (Å²) in [7, 11) is 0. The van der Waals surface area contributed by atoms with Gasteiger partial charge in [-0.05, 0) is 32.9 Å². The Morgan fingerprint density at radius 3 is 2.56 bits per heavy atom. The number of nitrogens with one attached hydrogen (secondary N) is 1. The topological polar surface area (TPSA) is 38.1 Å². The molecule has 1 saturated carbocycles. The smallest absolute Gasteiger partial charge is 0.138 e. The fraction of sp³-hybridized carbons (Fsp3) is 0.786. The molecular formula is C14H24N2OS. The molecule has 1 aromatic rings. The summed E-state index contributed by atoms with van der Waals surface area (Å²) >= 11 is 2.04. The van der Waals surface area contributed by atoms with Crippen LogP contribution in [0.15, 0.2) is 4.52 Å². The number of rotatable bonds is 5. The van der Waals surface area contributed by atoms with Crippen LogP contribution in [0.3, 0.4) is 0 Å². The molecule has 3 nitrogen and oxygen atoms in total. The fourth-order valence-corrected chi connectivity index (χ4v) is 3.76. The van der Waals surface area contributed by atoms with Crippen LogP contribution in [0.25, 0.3) is 0 Å². The summed E-state index contributed by atoms with van der Waals surface area (Å²) in [5.74, 6) is 0.946. The van der Waals surface area contributed by atoms with E-state index in [1.165, 1.54) is 37.7 Å². The van der Waals surface area contributed by atoms with E-state index in [0.29, 0.717) is 4.75 Å². The van der Waals surface area contributed by atoms with Crippen molar-refractivity contribution >= 4 is 11.8 Å². The van der Waals surface area contributed by atoms with Gasteiger partial charge in [0.25, 0.3) is 0 Å². The lowest BCUT2D eigenvalue weighted by molar-refractivity contribution is 0.377. The van der Waals surface area contributed by atoms with Crippen LogP contribution < -0.4 is 5.32 Å². The molecule has 0 radical (unpaired) electrons. The molecule has 0 unspecified atom stereocenters. The summed E-state index contributed by atoms with van der Waals surface area (Å²) in [6.07, 6.45) is 9.13. The summed E-state index contributed by atoms with van der Waals surface area (Å²) in [4.78, 5) is 0. The van der Waals surface area contributed by atoms with Gasteiger partial charge in [0.1, 0.15) is 5.76 Å². The van der Waals surface area contributed by atoms with Crippen molar-refractivity contribution < 1.29 is 4.52 Å². The fourth-order valence-electron chi connectivity index (χ4n) is 2.82. The van der Waals surface area contributed by atoms with Crippen molar-refractivity contribution in [2.24, 2.45) is 0 Å². The highest BCUT2D eigenvalue weighted by molar-refractivity contribution is 8.00. The second-order valence-corrected chi connectivity index (χ2v) is 6.63. The van der Waals surface area contributed by atoms with Gasteiger partial charge in [-0.15, -0.1) is 0 Å². The standard InChI is InChI=1S/C14H24N2OS/c1-11-13(12(2)17-16-11)9-15-10-14(18-3)7-5-4-6-8-14/h15H,4-10H2,1-3H3. The highest BCUT2D eigenvalue weighted by Crippen LogP contribution is 2.38. The molecule has 0 saturated heterocycles. The number of hydrogen-bond acceptors (Lipinski definition) is 4. The van der Waals surface area contributed by atoms with Gasteiger partial charge < -0.3 is 9.84 Å². The zero-order chi connectivity index (χ0) is 13.0. The quantitative estimate of drug-likeness (QED) is 0.887. The molecule has 4 heteroatoms. The Bertz CT molecular complexity index is 364. The van der Waals surface area contributed by atoms with Crippen molar-refractivity contribution in [3.63, 3.8) is 0 Å². The van der Waals surface area contributed by atoms with E-state index in [0.717, 1.165) is 24.5 Å². The average molecular weight is 268 g/mol. The maximum absolute atomic E-state index is 5.19. The van der Waals surface area contributed by atoms with Gasteiger partial charge in [-0.2, -0.15) is 11.8 Å². The molecule has 1 N–H and O–H groups in total. The van der Waals surface area contributed by atoms with E-state index in [1.54, 1.807) is 0 Å². The Morgan fingerprint density at radius 2 is 2.00 bits per heavy atom. The zero-order valence-corrected chi connectivity index (χ0v) is 12.5. The Balaban J connectivity index is 1.87. The van der Waals surface area contributed by atoms with Gasteiger partial charge in [-0.1, -0.05) is 24.4 Å². The van der Waals surface area contributed by atoms with E-state index in [1.807, 2.05) is 25.6 Å². The Hall–Kier alpha value is -0.480. The van der Waals surface area contributed by atoms with Gasteiger partial charge in [0, 0.05) is 23.4 Å². The molecule has 1 fully saturated rings. The summed E-state index contributed by atoms with van der Waals surface area (Å²) < 4.78 is 5.65. The maximum Gasteiger partial charge on any atom is 0.138 e. The van der Waals surface area contributed by atoms with Crippen molar-refractivity contribution in [3.8, 4) is 0 Å². The second-order valence-electron chi connectivity index (χ2n) is 5.35. The van der Waals surface area contributed by atoms with Crippen LogP contribution >= 0.6 is 11.8 Å². The molecule has 0 spiro atoms. The van der Waals surface area contributed by atoms with Crippen molar-refractivity contribution in [2.75, 3.05) is 12.8 Å². The summed E-state index contributed by atoms with van der Waals surface area (Å²) in [6, 6.07) is 0. The lowest BCUT2D eigenvalue weighted by Crippen LogP contribution is -2.39. The minimum atomic E-state index is 0.456. The normalized spacial score (nSPS) is 19.1. The van der Waals surface area contributed by atoms with Gasteiger partial charge in [0.15, 0.2) is 0 Å². The maximum atomic E-state index is 5.19. The van der Waals surface area contributed by atoms with E-state index >= 15 is 0 Å². The molecule has 2 rings (SSSR count). The second kappa shape index (κ2) is 6.11. The molecule has 0 bridgehead atoms. The predicted molar refractivity (Wildman–Crippen MR) is 77.0 cm³/mol. The predicted octanol–water partition coefficient (Wildman–Crippen LogP) is 3.45. The lowest BCUT2D eigenvalue weighted by atomic mass is 9.88. The Morgan fingerprint density at radius 1 is 1.28 bits per heavy atom. The third kappa shape index (κ3) is 3.09. The van der Waals surface area contributed by atoms with Crippen molar-refractivity contribution in [2.45, 2.75) is 57.2 Å². The largest absolute Gasteiger partial charge is 0.361 e. The Kier molecular flexibility index (Phi) is 4.73. The third-order valence-electron chi connectivity index (χ3n) is 4.13. The number of thioether (sulfide) groups is 1. The molecule has 18 heavy (non-hydrogen) atoms. The summed E-state index contributed by atoms with van der Waals surface area (Å²) in [5.41, 5.74) is 2.24. The summed E-state index contributed by atoms with van der Waals surface area (Å²) in [6.45, 7) is 5.97. The average Bonchev–Trinajstić information content (AvgIpc) is 2.71. The number of nitrogens with zero attached hydrogens (tertiary/aromatic N) is 1. The van der Waals surface area contributed by atoms with Gasteiger partial charge >= 0.3 is 0 Å². The summed E-state index contributed by atoms with van der Waals surface area (Å²) in [5, 5.41) is 7.61. The van der Waals surface area contributed by atoms with Crippen LogP contribution in [-0.2, 0) is 6.54 Å². The Labute approximate surface area is 114 Å². The molecule has 0 aliphatic heterocycles. The van der Waals surface area contributed by atoms with Crippen LogP contribution in [0.5, 0.6) is 0 Å². The lowest BCUT2D eigenvalue weighted by Gasteiger charge is -2.36.